The van der Waals surface area contributed by atoms with Gasteiger partial charge in [-0.2, -0.15) is 5.10 Å². The van der Waals surface area contributed by atoms with Crippen molar-refractivity contribution in [3.05, 3.63) is 65.9 Å². The normalized spacial score (nSPS) is 10.4. The molecule has 0 aliphatic carbocycles. The van der Waals surface area contributed by atoms with E-state index in [-0.39, 0.29) is 17.6 Å². The van der Waals surface area contributed by atoms with E-state index >= 15 is 0 Å². The molecule has 2 aromatic heterocycles. The molecule has 7 heteroatoms. The molecule has 0 atom stereocenters. The predicted molar refractivity (Wildman–Crippen MR) is 89.0 cm³/mol. The van der Waals surface area contributed by atoms with Gasteiger partial charge in [0.15, 0.2) is 5.76 Å². The Kier molecular flexibility index (Phi) is 4.15. The molecule has 0 saturated carbocycles. The molecular formula is C17H16N4O3. The lowest BCUT2D eigenvalue weighted by atomic mass is 10.2. The number of hydrogen-bond donors (Lipinski definition) is 2. The summed E-state index contributed by atoms with van der Waals surface area (Å²) in [5, 5.41) is 9.64. The summed E-state index contributed by atoms with van der Waals surface area (Å²) in [5.41, 5.74) is 2.47. The van der Waals surface area contributed by atoms with Crippen LogP contribution in [0.25, 0.3) is 0 Å². The first-order valence-corrected chi connectivity index (χ1v) is 7.30. The number of aromatic nitrogens is 2. The van der Waals surface area contributed by atoms with E-state index in [0.29, 0.717) is 17.1 Å². The largest absolute Gasteiger partial charge is 0.459 e. The van der Waals surface area contributed by atoms with Crippen LogP contribution in [-0.2, 0) is 7.05 Å². The van der Waals surface area contributed by atoms with Crippen molar-refractivity contribution in [3.8, 4) is 0 Å². The van der Waals surface area contributed by atoms with Crippen LogP contribution in [-0.4, -0.2) is 21.6 Å². The van der Waals surface area contributed by atoms with Crippen LogP contribution in [0.4, 0.5) is 11.4 Å². The minimum atomic E-state index is -0.331. The van der Waals surface area contributed by atoms with Crippen LogP contribution >= 0.6 is 0 Å². The quantitative estimate of drug-likeness (QED) is 0.772. The van der Waals surface area contributed by atoms with Crippen molar-refractivity contribution in [2.75, 3.05) is 10.6 Å². The van der Waals surface area contributed by atoms with E-state index in [1.807, 2.05) is 6.92 Å². The second kappa shape index (κ2) is 6.41. The molecule has 2 amide bonds. The van der Waals surface area contributed by atoms with Gasteiger partial charge in [0, 0.05) is 18.4 Å². The molecule has 0 saturated heterocycles. The summed E-state index contributed by atoms with van der Waals surface area (Å²) >= 11 is 0. The average molecular weight is 324 g/mol. The van der Waals surface area contributed by atoms with Gasteiger partial charge in [-0.1, -0.05) is 0 Å². The molecule has 0 bridgehead atoms. The van der Waals surface area contributed by atoms with Crippen LogP contribution in [0.15, 0.2) is 53.1 Å². The Hall–Kier alpha value is -3.35. The van der Waals surface area contributed by atoms with Crippen molar-refractivity contribution in [1.82, 2.24) is 9.78 Å². The fourth-order valence-corrected chi connectivity index (χ4v) is 2.26. The predicted octanol–water partition coefficient (Wildman–Crippen LogP) is 2.83. The van der Waals surface area contributed by atoms with Crippen LogP contribution in [0.5, 0.6) is 0 Å². The molecule has 122 valence electrons. The number of nitrogens with zero attached hydrogens (tertiary/aromatic N) is 2. The Morgan fingerprint density at radius 3 is 2.17 bits per heavy atom. The smallest absolute Gasteiger partial charge is 0.291 e. The van der Waals surface area contributed by atoms with Crippen LogP contribution < -0.4 is 10.6 Å². The first-order valence-electron chi connectivity index (χ1n) is 7.30. The molecule has 3 rings (SSSR count). The Morgan fingerprint density at radius 1 is 1.04 bits per heavy atom. The third kappa shape index (κ3) is 3.35. The zero-order valence-corrected chi connectivity index (χ0v) is 13.2. The van der Waals surface area contributed by atoms with E-state index in [1.54, 1.807) is 49.5 Å². The fraction of sp³-hybridized carbons (Fsp3) is 0.118. The van der Waals surface area contributed by atoms with Gasteiger partial charge in [-0.3, -0.25) is 14.3 Å². The van der Waals surface area contributed by atoms with Gasteiger partial charge in [-0.25, -0.2) is 0 Å². The Balaban J connectivity index is 1.65. The van der Waals surface area contributed by atoms with Crippen LogP contribution in [0, 0.1) is 6.92 Å². The average Bonchev–Trinajstić information content (AvgIpc) is 3.19. The highest BCUT2D eigenvalue weighted by Gasteiger charge is 2.12. The second-order valence-corrected chi connectivity index (χ2v) is 5.26. The zero-order valence-electron chi connectivity index (χ0n) is 13.2. The molecule has 0 radical (unpaired) electrons. The van der Waals surface area contributed by atoms with Gasteiger partial charge in [0.25, 0.3) is 11.8 Å². The molecule has 7 nitrogen and oxygen atoms in total. The number of aryl methyl sites for hydroxylation is 2. The Bertz CT molecular complexity index is 864. The first kappa shape index (κ1) is 15.5. The van der Waals surface area contributed by atoms with E-state index in [2.05, 4.69) is 15.7 Å². The highest BCUT2D eigenvalue weighted by atomic mass is 16.3. The van der Waals surface area contributed by atoms with E-state index in [1.165, 1.54) is 10.9 Å². The van der Waals surface area contributed by atoms with Gasteiger partial charge in [-0.15, -0.1) is 0 Å². The van der Waals surface area contributed by atoms with E-state index in [0.717, 1.165) is 5.69 Å². The summed E-state index contributed by atoms with van der Waals surface area (Å²) < 4.78 is 6.56. The third-order valence-corrected chi connectivity index (χ3v) is 3.38. The summed E-state index contributed by atoms with van der Waals surface area (Å²) in [6.45, 7) is 1.83. The molecule has 3 aromatic rings. The van der Waals surface area contributed by atoms with Crippen molar-refractivity contribution >= 4 is 23.2 Å². The molecule has 0 spiro atoms. The Labute approximate surface area is 138 Å². The number of rotatable bonds is 4. The van der Waals surface area contributed by atoms with Gasteiger partial charge in [-0.05, 0) is 49.4 Å². The molecule has 0 unspecified atom stereocenters. The van der Waals surface area contributed by atoms with Gasteiger partial charge >= 0.3 is 0 Å². The van der Waals surface area contributed by atoms with Crippen molar-refractivity contribution in [1.29, 1.82) is 0 Å². The van der Waals surface area contributed by atoms with Gasteiger partial charge in [0.2, 0.25) is 0 Å². The lowest BCUT2D eigenvalue weighted by Crippen LogP contribution is -2.16. The number of nitrogens with one attached hydrogen (secondary N) is 2. The number of furan rings is 1. The topological polar surface area (TPSA) is 89.2 Å². The van der Waals surface area contributed by atoms with Crippen LogP contribution in [0.3, 0.4) is 0 Å². The number of carbonyl (C=O) groups is 2. The lowest BCUT2D eigenvalue weighted by Gasteiger charge is -2.07. The summed E-state index contributed by atoms with van der Waals surface area (Å²) in [6.07, 6.45) is 1.44. The minimum absolute atomic E-state index is 0.235. The van der Waals surface area contributed by atoms with Crippen molar-refractivity contribution in [2.24, 2.45) is 7.05 Å². The van der Waals surface area contributed by atoms with Gasteiger partial charge < -0.3 is 15.1 Å². The molecule has 0 aliphatic heterocycles. The minimum Gasteiger partial charge on any atom is -0.459 e. The highest BCUT2D eigenvalue weighted by molar-refractivity contribution is 6.04. The number of carbonyl (C=O) groups excluding carboxylic acids is 2. The molecular weight excluding hydrogens is 308 g/mol. The standard InChI is InChI=1S/C17H16N4O3/c1-11-10-14(21(2)20-11)16(22)18-12-5-7-13(8-6-12)19-17(23)15-4-3-9-24-15/h3-10H,1-2H3,(H,18,22)(H,19,23). The molecule has 1 aromatic carbocycles. The molecule has 2 N–H and O–H groups in total. The Morgan fingerprint density at radius 2 is 1.67 bits per heavy atom. The summed E-state index contributed by atoms with van der Waals surface area (Å²) in [5.74, 6) is -0.341. The van der Waals surface area contributed by atoms with Gasteiger partial charge in [0.05, 0.1) is 12.0 Å². The molecule has 0 fully saturated rings. The highest BCUT2D eigenvalue weighted by Crippen LogP contribution is 2.16. The van der Waals surface area contributed by atoms with Crippen LogP contribution in [0.1, 0.15) is 26.7 Å². The van der Waals surface area contributed by atoms with Crippen molar-refractivity contribution in [2.45, 2.75) is 6.92 Å². The summed E-state index contributed by atoms with van der Waals surface area (Å²) in [7, 11) is 1.72. The first-order chi connectivity index (χ1) is 11.5. The maximum atomic E-state index is 12.2. The maximum Gasteiger partial charge on any atom is 0.291 e. The summed E-state index contributed by atoms with van der Waals surface area (Å²) in [4.78, 5) is 24.1. The van der Waals surface area contributed by atoms with E-state index in [9.17, 15) is 9.59 Å². The molecule has 2 heterocycles. The van der Waals surface area contributed by atoms with Crippen LogP contribution in [0.2, 0.25) is 0 Å². The maximum absolute atomic E-state index is 12.2. The van der Waals surface area contributed by atoms with E-state index in [4.69, 9.17) is 4.42 Å². The lowest BCUT2D eigenvalue weighted by molar-refractivity contribution is 0.0993. The number of benzene rings is 1. The van der Waals surface area contributed by atoms with Crippen molar-refractivity contribution < 1.29 is 14.0 Å². The molecule has 0 aliphatic rings. The van der Waals surface area contributed by atoms with Crippen molar-refractivity contribution in [3.63, 3.8) is 0 Å². The number of hydrogen-bond acceptors (Lipinski definition) is 4. The van der Waals surface area contributed by atoms with E-state index < -0.39 is 0 Å². The number of anilines is 2. The monoisotopic (exact) mass is 324 g/mol. The SMILES string of the molecule is Cc1cc(C(=O)Nc2ccc(NC(=O)c3ccco3)cc2)n(C)n1. The zero-order chi connectivity index (χ0) is 17.1. The number of amides is 2. The molecule has 24 heavy (non-hydrogen) atoms. The second-order valence-electron chi connectivity index (χ2n) is 5.26. The van der Waals surface area contributed by atoms with Gasteiger partial charge in [0.1, 0.15) is 5.69 Å². The third-order valence-electron chi connectivity index (χ3n) is 3.38. The summed E-state index contributed by atoms with van der Waals surface area (Å²) in [6, 6.07) is 11.8. The fourth-order valence-electron chi connectivity index (χ4n) is 2.26.